The topological polar surface area (TPSA) is 0 Å². The predicted octanol–water partition coefficient (Wildman–Crippen LogP) is 8.54. The van der Waals surface area contributed by atoms with Crippen LogP contribution < -0.4 is 0 Å². The molecule has 164 valence electrons. The zero-order valence-electron chi connectivity index (χ0n) is 19.2. The third-order valence-electron chi connectivity index (χ3n) is 6.95. The summed E-state index contributed by atoms with van der Waals surface area (Å²) >= 11 is 0. The zero-order valence-corrected chi connectivity index (χ0v) is 21.2. The summed E-state index contributed by atoms with van der Waals surface area (Å²) in [6.45, 7) is 4.66. The Hall–Kier alpha value is -0.700. The average molecular weight is 441 g/mol. The van der Waals surface area contributed by atoms with Crippen molar-refractivity contribution >= 4 is 17.2 Å². The summed E-state index contributed by atoms with van der Waals surface area (Å²) in [7, 11) is 2.34. The lowest BCUT2D eigenvalue weighted by Gasteiger charge is -2.42. The SMILES string of the molecule is CCCCPCC1CC(c2ccccc2)C(c2ccccc2)CC1CPCCCC. The van der Waals surface area contributed by atoms with Crippen LogP contribution in [0.5, 0.6) is 0 Å². The van der Waals surface area contributed by atoms with Crippen LogP contribution in [0.2, 0.25) is 0 Å². The lowest BCUT2D eigenvalue weighted by Crippen LogP contribution is -2.32. The van der Waals surface area contributed by atoms with Gasteiger partial charge >= 0.3 is 0 Å². The fraction of sp³-hybridized carbons (Fsp3) is 0.571. The summed E-state index contributed by atoms with van der Waals surface area (Å²) in [5, 5.41) is 0. The maximum absolute atomic E-state index is 2.39. The van der Waals surface area contributed by atoms with Crippen molar-refractivity contribution in [3.63, 3.8) is 0 Å². The van der Waals surface area contributed by atoms with E-state index in [2.05, 4.69) is 74.5 Å². The number of unbranched alkanes of at least 4 members (excludes halogenated alkanes) is 2. The van der Waals surface area contributed by atoms with Gasteiger partial charge < -0.3 is 0 Å². The zero-order chi connectivity index (χ0) is 21.0. The Morgan fingerprint density at radius 2 is 1.03 bits per heavy atom. The van der Waals surface area contributed by atoms with Crippen molar-refractivity contribution in [1.82, 2.24) is 0 Å². The third kappa shape index (κ3) is 7.18. The molecule has 0 aromatic heterocycles. The first kappa shape index (κ1) is 24.0. The quantitative estimate of drug-likeness (QED) is 0.229. The van der Waals surface area contributed by atoms with Crippen LogP contribution in [0.4, 0.5) is 0 Å². The molecule has 3 rings (SSSR count). The summed E-state index contributed by atoms with van der Waals surface area (Å²) in [6.07, 6.45) is 14.2. The van der Waals surface area contributed by atoms with E-state index in [0.29, 0.717) is 11.8 Å². The van der Waals surface area contributed by atoms with E-state index in [9.17, 15) is 0 Å². The monoisotopic (exact) mass is 440 g/mol. The molecule has 0 spiro atoms. The van der Waals surface area contributed by atoms with E-state index in [4.69, 9.17) is 0 Å². The van der Waals surface area contributed by atoms with E-state index in [-0.39, 0.29) is 0 Å². The molecule has 30 heavy (non-hydrogen) atoms. The molecule has 0 heterocycles. The maximum atomic E-state index is 2.39. The van der Waals surface area contributed by atoms with Crippen LogP contribution >= 0.6 is 17.2 Å². The van der Waals surface area contributed by atoms with Crippen LogP contribution in [0, 0.1) is 11.8 Å². The molecule has 6 unspecified atom stereocenters. The van der Waals surface area contributed by atoms with Gasteiger partial charge in [-0.25, -0.2) is 0 Å². The Morgan fingerprint density at radius 1 is 0.633 bits per heavy atom. The average Bonchev–Trinajstić information content (AvgIpc) is 2.81. The Balaban J connectivity index is 1.78. The molecule has 1 aliphatic rings. The van der Waals surface area contributed by atoms with E-state index in [0.717, 1.165) is 11.8 Å². The summed E-state index contributed by atoms with van der Waals surface area (Å²) in [5.74, 6) is 3.23. The molecule has 2 aromatic carbocycles. The van der Waals surface area contributed by atoms with Gasteiger partial charge in [0.15, 0.2) is 0 Å². The second kappa shape index (κ2) is 13.7. The predicted molar refractivity (Wildman–Crippen MR) is 140 cm³/mol. The Bertz CT molecular complexity index is 623. The lowest BCUT2D eigenvalue weighted by molar-refractivity contribution is 0.228. The molecule has 0 bridgehead atoms. The fourth-order valence-electron chi connectivity index (χ4n) is 5.18. The van der Waals surface area contributed by atoms with E-state index in [1.807, 2.05) is 0 Å². The van der Waals surface area contributed by atoms with Gasteiger partial charge in [-0.3, -0.25) is 0 Å². The molecule has 0 amide bonds. The molecule has 2 aromatic rings. The number of rotatable bonds is 12. The Morgan fingerprint density at radius 3 is 1.40 bits per heavy atom. The van der Waals surface area contributed by atoms with Crippen molar-refractivity contribution in [1.29, 1.82) is 0 Å². The van der Waals surface area contributed by atoms with Crippen molar-refractivity contribution in [3.8, 4) is 0 Å². The van der Waals surface area contributed by atoms with Crippen LogP contribution in [-0.2, 0) is 0 Å². The lowest BCUT2D eigenvalue weighted by atomic mass is 9.65. The Labute approximate surface area is 189 Å². The first-order chi connectivity index (χ1) is 14.8. The molecular weight excluding hydrogens is 398 g/mol. The van der Waals surface area contributed by atoms with Gasteiger partial charge in [-0.15, -0.1) is 17.2 Å². The largest absolute Gasteiger partial charge is 0.122 e. The van der Waals surface area contributed by atoms with Gasteiger partial charge in [0.25, 0.3) is 0 Å². The van der Waals surface area contributed by atoms with Crippen LogP contribution in [0.25, 0.3) is 0 Å². The van der Waals surface area contributed by atoms with Gasteiger partial charge in [0, 0.05) is 0 Å². The van der Waals surface area contributed by atoms with Gasteiger partial charge in [0.2, 0.25) is 0 Å². The van der Waals surface area contributed by atoms with Crippen LogP contribution in [-0.4, -0.2) is 24.6 Å². The molecule has 2 heteroatoms. The van der Waals surface area contributed by atoms with Gasteiger partial charge in [0.05, 0.1) is 0 Å². The molecule has 1 saturated carbocycles. The van der Waals surface area contributed by atoms with Crippen LogP contribution in [0.1, 0.15) is 75.3 Å². The maximum Gasteiger partial charge on any atom is -0.00901 e. The van der Waals surface area contributed by atoms with Gasteiger partial charge in [-0.05, 0) is 85.1 Å². The molecule has 0 saturated heterocycles. The minimum atomic E-state index is 0.685. The van der Waals surface area contributed by atoms with Crippen LogP contribution in [0.3, 0.4) is 0 Å². The third-order valence-corrected chi connectivity index (χ3v) is 9.99. The minimum Gasteiger partial charge on any atom is -0.122 e. The highest BCUT2D eigenvalue weighted by Crippen LogP contribution is 2.51. The molecule has 0 aliphatic heterocycles. The van der Waals surface area contributed by atoms with E-state index in [1.54, 1.807) is 11.1 Å². The van der Waals surface area contributed by atoms with E-state index >= 15 is 0 Å². The number of hydrogen-bond donors (Lipinski definition) is 0. The number of benzene rings is 2. The summed E-state index contributed by atoms with van der Waals surface area (Å²) in [4.78, 5) is 0. The van der Waals surface area contributed by atoms with Crippen LogP contribution in [0.15, 0.2) is 60.7 Å². The first-order valence-corrected chi connectivity index (χ1v) is 15.2. The van der Waals surface area contributed by atoms with Crippen molar-refractivity contribution in [2.75, 3.05) is 24.6 Å². The van der Waals surface area contributed by atoms with Gasteiger partial charge in [-0.1, -0.05) is 87.4 Å². The van der Waals surface area contributed by atoms with E-state index < -0.39 is 0 Å². The van der Waals surface area contributed by atoms with Crippen molar-refractivity contribution in [2.24, 2.45) is 11.8 Å². The second-order valence-electron chi connectivity index (χ2n) is 9.14. The normalized spacial score (nSPS) is 24.9. The second-order valence-corrected chi connectivity index (χ2v) is 12.0. The van der Waals surface area contributed by atoms with Crippen molar-refractivity contribution in [2.45, 2.75) is 64.2 Å². The highest BCUT2D eigenvalue weighted by Gasteiger charge is 2.37. The summed E-state index contributed by atoms with van der Waals surface area (Å²) < 4.78 is 0. The molecule has 0 nitrogen and oxygen atoms in total. The van der Waals surface area contributed by atoms with Crippen molar-refractivity contribution in [3.05, 3.63) is 71.8 Å². The van der Waals surface area contributed by atoms with E-state index in [1.165, 1.54) is 80.3 Å². The number of hydrogen-bond acceptors (Lipinski definition) is 0. The molecule has 6 atom stereocenters. The van der Waals surface area contributed by atoms with Gasteiger partial charge in [-0.2, -0.15) is 0 Å². The molecular formula is C28H42P2. The molecule has 1 fully saturated rings. The van der Waals surface area contributed by atoms with Crippen molar-refractivity contribution < 1.29 is 0 Å². The fourth-order valence-corrected chi connectivity index (χ4v) is 8.54. The van der Waals surface area contributed by atoms with Gasteiger partial charge in [0.1, 0.15) is 0 Å². The first-order valence-electron chi connectivity index (χ1n) is 12.3. The Kier molecular flexibility index (Phi) is 10.9. The molecule has 0 radical (unpaired) electrons. The molecule has 0 N–H and O–H groups in total. The summed E-state index contributed by atoms with van der Waals surface area (Å²) in [6, 6.07) is 22.9. The minimum absolute atomic E-state index is 0.685. The highest BCUT2D eigenvalue weighted by molar-refractivity contribution is 7.38. The summed E-state index contributed by atoms with van der Waals surface area (Å²) in [5.41, 5.74) is 3.14. The smallest absolute Gasteiger partial charge is 0.00901 e. The molecule has 1 aliphatic carbocycles. The standard InChI is InChI=1S/C28H42P2/c1-3-5-17-29-21-25-19-27(23-13-9-7-10-14-23)28(24-15-11-8-12-16-24)20-26(25)22-30-18-6-4-2/h7-16,25-30H,3-6,17-22H2,1-2H3. The highest BCUT2D eigenvalue weighted by atomic mass is 31.1.